The van der Waals surface area contributed by atoms with Gasteiger partial charge in [-0.25, -0.2) is 4.79 Å². The molecule has 1 aromatic carbocycles. The number of amides is 6. The number of ether oxygens (including phenoxy) is 1. The third kappa shape index (κ3) is 9.55. The van der Waals surface area contributed by atoms with E-state index in [9.17, 15) is 33.6 Å². The molecule has 3 aliphatic carbocycles. The molecule has 0 aromatic heterocycles. The molecule has 4 N–H and O–H groups in total. The molecule has 6 atom stereocenters. The second-order valence-corrected chi connectivity index (χ2v) is 16.3. The predicted molar refractivity (Wildman–Crippen MR) is 195 cm³/mol. The van der Waals surface area contributed by atoms with Gasteiger partial charge in [-0.2, -0.15) is 0 Å². The first-order valence-electron chi connectivity index (χ1n) is 19.1. The summed E-state index contributed by atoms with van der Waals surface area (Å²) >= 11 is 0. The number of nitrogens with one attached hydrogen (secondary N) is 4. The first kappa shape index (κ1) is 39.7. The van der Waals surface area contributed by atoms with Gasteiger partial charge in [0.25, 0.3) is 5.91 Å². The van der Waals surface area contributed by atoms with Crippen LogP contribution in [-0.2, 0) is 33.5 Å². The fourth-order valence-corrected chi connectivity index (χ4v) is 8.20. The molecule has 6 amide bonds. The number of fused-ring (bicyclic) bond motifs is 1. The van der Waals surface area contributed by atoms with Crippen LogP contribution in [0.15, 0.2) is 30.3 Å². The first-order chi connectivity index (χ1) is 25.1. The number of alkyl carbamates (subject to hydrolysis) is 1. The van der Waals surface area contributed by atoms with Crippen molar-refractivity contribution in [2.24, 2.45) is 29.1 Å². The number of rotatable bonds is 15. The van der Waals surface area contributed by atoms with Crippen LogP contribution in [0.4, 0.5) is 4.79 Å². The van der Waals surface area contributed by atoms with E-state index in [1.807, 2.05) is 0 Å². The SMILES string of the molecule is CC(C)OC(=O)N[C@H](C(=O)N1C[C@H]2C(C1C(=O)NC(CC1CC1)C(=O)C(=O)NCC(=O)N[C@H](C(=O)N(C)C)c1ccccc1)C2(C)C)C1CCCCC1. The number of piperidine rings is 1. The smallest absolute Gasteiger partial charge is 0.408 e. The predicted octanol–water partition coefficient (Wildman–Crippen LogP) is 2.47. The lowest BCUT2D eigenvalue weighted by Crippen LogP contribution is -2.59. The third-order valence-electron chi connectivity index (χ3n) is 11.4. The van der Waals surface area contributed by atoms with Crippen molar-refractivity contribution in [2.45, 2.75) is 109 Å². The summed E-state index contributed by atoms with van der Waals surface area (Å²) in [6.45, 7) is 7.36. The van der Waals surface area contributed by atoms with E-state index in [1.165, 1.54) is 4.90 Å². The van der Waals surface area contributed by atoms with E-state index >= 15 is 0 Å². The third-order valence-corrected chi connectivity index (χ3v) is 11.4. The fraction of sp³-hybridized carbons (Fsp3) is 0.667. The Morgan fingerprint density at radius 2 is 1.57 bits per heavy atom. The van der Waals surface area contributed by atoms with Crippen LogP contribution in [-0.4, -0.2) is 103 Å². The van der Waals surface area contributed by atoms with Crippen molar-refractivity contribution in [3.63, 3.8) is 0 Å². The van der Waals surface area contributed by atoms with Gasteiger partial charge >= 0.3 is 6.09 Å². The van der Waals surface area contributed by atoms with Gasteiger partial charge in [0.1, 0.15) is 18.1 Å². The van der Waals surface area contributed by atoms with Crippen molar-refractivity contribution < 1.29 is 38.3 Å². The molecule has 14 nitrogen and oxygen atoms in total. The van der Waals surface area contributed by atoms with Crippen LogP contribution in [0.1, 0.15) is 90.7 Å². The molecule has 14 heteroatoms. The van der Waals surface area contributed by atoms with E-state index < -0.39 is 60.3 Å². The monoisotopic (exact) mass is 736 g/mol. The Morgan fingerprint density at radius 1 is 0.906 bits per heavy atom. The molecule has 3 saturated carbocycles. The molecule has 1 saturated heterocycles. The van der Waals surface area contributed by atoms with Gasteiger partial charge in [0.15, 0.2) is 0 Å². The molecule has 0 radical (unpaired) electrons. The number of carbonyl (C=O) groups is 7. The molecule has 290 valence electrons. The van der Waals surface area contributed by atoms with Crippen molar-refractivity contribution in [3.05, 3.63) is 35.9 Å². The highest BCUT2D eigenvalue weighted by Gasteiger charge is 2.69. The van der Waals surface area contributed by atoms with Crippen molar-refractivity contribution in [3.8, 4) is 0 Å². The molecular weight excluding hydrogens is 680 g/mol. The summed E-state index contributed by atoms with van der Waals surface area (Å²) in [4.78, 5) is 96.9. The Labute approximate surface area is 311 Å². The zero-order chi connectivity index (χ0) is 38.6. The van der Waals surface area contributed by atoms with Crippen LogP contribution < -0.4 is 21.3 Å². The highest BCUT2D eigenvalue weighted by Crippen LogP contribution is 2.65. The van der Waals surface area contributed by atoms with Crippen molar-refractivity contribution in [2.75, 3.05) is 27.2 Å². The molecule has 5 rings (SSSR count). The number of likely N-dealkylation sites (tertiary alicyclic amines) is 1. The maximum atomic E-state index is 14.4. The summed E-state index contributed by atoms with van der Waals surface area (Å²) in [5.41, 5.74) is 0.348. The van der Waals surface area contributed by atoms with E-state index in [2.05, 4.69) is 35.1 Å². The molecule has 0 spiro atoms. The number of hydrogen-bond donors (Lipinski definition) is 4. The van der Waals surface area contributed by atoms with Gasteiger partial charge in [-0.15, -0.1) is 0 Å². The lowest BCUT2D eigenvalue weighted by molar-refractivity contribution is -0.145. The molecule has 1 aliphatic heterocycles. The number of likely N-dealkylation sites (N-methyl/N-ethyl adjacent to an activating group) is 1. The Hall–Kier alpha value is -4.49. The Bertz CT molecular complexity index is 1550. The normalized spacial score (nSPS) is 23.5. The standard InChI is InChI=1S/C39H56N6O8/c1-22(2)53-38(52)43-31(25-15-11-8-12-16-25)37(51)45-21-26-29(39(26,3)4)32(45)34(48)41-27(19-23-17-18-23)33(47)35(49)40-20-28(46)42-30(36(50)44(5)6)24-13-9-7-10-14-24/h7,9-10,13-14,22-23,25-27,29-32H,8,11-12,15-21H2,1-6H3,(H,40,49)(H,41,48)(H,42,46)(H,43,52)/t26-,27?,29?,30-,31-,32?/m0/s1. The van der Waals surface area contributed by atoms with Gasteiger partial charge in [-0.1, -0.05) is 76.3 Å². The maximum absolute atomic E-state index is 14.4. The lowest BCUT2D eigenvalue weighted by atomic mass is 9.83. The minimum Gasteiger partial charge on any atom is -0.447 e. The number of benzene rings is 1. The summed E-state index contributed by atoms with van der Waals surface area (Å²) < 4.78 is 5.34. The van der Waals surface area contributed by atoms with Crippen LogP contribution in [0.3, 0.4) is 0 Å². The van der Waals surface area contributed by atoms with Crippen LogP contribution in [0, 0.1) is 29.1 Å². The highest BCUT2D eigenvalue weighted by atomic mass is 16.6. The van der Waals surface area contributed by atoms with Crippen LogP contribution >= 0.6 is 0 Å². The van der Waals surface area contributed by atoms with Gasteiger partial charge in [-0.05, 0) is 67.8 Å². The van der Waals surface area contributed by atoms with E-state index in [1.54, 1.807) is 63.2 Å². The summed E-state index contributed by atoms with van der Waals surface area (Å²) in [7, 11) is 3.14. The summed E-state index contributed by atoms with van der Waals surface area (Å²) in [5, 5.41) is 10.7. The number of Topliss-reactive ketones (excluding diaryl/α,β-unsaturated/α-hetero) is 1. The average molecular weight is 737 g/mol. The molecule has 53 heavy (non-hydrogen) atoms. The number of carbonyl (C=O) groups excluding carboxylic acids is 7. The van der Waals surface area contributed by atoms with Gasteiger partial charge < -0.3 is 35.8 Å². The number of ketones is 1. The maximum Gasteiger partial charge on any atom is 0.408 e. The quantitative estimate of drug-likeness (QED) is 0.198. The largest absolute Gasteiger partial charge is 0.447 e. The topological polar surface area (TPSA) is 183 Å². The Morgan fingerprint density at radius 3 is 2.17 bits per heavy atom. The van der Waals surface area contributed by atoms with E-state index in [-0.39, 0.29) is 53.4 Å². The molecule has 1 heterocycles. The lowest BCUT2D eigenvalue weighted by Gasteiger charge is -2.37. The van der Waals surface area contributed by atoms with Crippen molar-refractivity contribution in [1.29, 1.82) is 0 Å². The summed E-state index contributed by atoms with van der Waals surface area (Å²) in [6, 6.07) is 4.80. The van der Waals surface area contributed by atoms with Crippen molar-refractivity contribution in [1.82, 2.24) is 31.1 Å². The minimum absolute atomic E-state index is 0.0651. The molecule has 4 fully saturated rings. The zero-order valence-electron chi connectivity index (χ0n) is 31.8. The van der Waals surface area contributed by atoms with Crippen LogP contribution in [0.5, 0.6) is 0 Å². The van der Waals surface area contributed by atoms with Crippen LogP contribution in [0.2, 0.25) is 0 Å². The Kier molecular flexibility index (Phi) is 12.5. The van der Waals surface area contributed by atoms with Gasteiger partial charge in [-0.3, -0.25) is 28.8 Å². The highest BCUT2D eigenvalue weighted by molar-refractivity contribution is 6.38. The molecule has 1 aromatic rings. The Balaban J connectivity index is 1.27. The van der Waals surface area contributed by atoms with E-state index in [0.717, 1.165) is 44.9 Å². The molecular formula is C39H56N6O8. The summed E-state index contributed by atoms with van der Waals surface area (Å²) in [5.74, 6) is -3.83. The van der Waals surface area contributed by atoms with Crippen molar-refractivity contribution >= 4 is 41.4 Å². The number of hydrogen-bond acceptors (Lipinski definition) is 8. The van der Waals surface area contributed by atoms with Gasteiger partial charge in [0.05, 0.1) is 18.7 Å². The van der Waals surface area contributed by atoms with Crippen LogP contribution in [0.25, 0.3) is 0 Å². The zero-order valence-corrected chi connectivity index (χ0v) is 31.8. The number of nitrogens with zero attached hydrogens (tertiary/aromatic N) is 2. The fourth-order valence-electron chi connectivity index (χ4n) is 8.20. The molecule has 4 aliphatic rings. The summed E-state index contributed by atoms with van der Waals surface area (Å²) in [6.07, 6.45) is 5.39. The first-order valence-corrected chi connectivity index (χ1v) is 19.1. The second-order valence-electron chi connectivity index (χ2n) is 16.3. The van der Waals surface area contributed by atoms with Gasteiger partial charge in [0, 0.05) is 20.6 Å². The minimum atomic E-state index is -1.16. The molecule has 3 unspecified atom stereocenters. The second kappa shape index (κ2) is 16.7. The molecule has 0 bridgehead atoms. The van der Waals surface area contributed by atoms with Gasteiger partial charge in [0.2, 0.25) is 29.4 Å². The average Bonchev–Trinajstić information content (AvgIpc) is 3.98. The van der Waals surface area contributed by atoms with E-state index in [0.29, 0.717) is 12.1 Å². The van der Waals surface area contributed by atoms with E-state index in [4.69, 9.17) is 4.74 Å².